The first-order valence-electron chi connectivity index (χ1n) is 12.3. The van der Waals surface area contributed by atoms with E-state index in [1.165, 1.54) is 44.2 Å². The lowest BCUT2D eigenvalue weighted by molar-refractivity contribution is -0.117. The molecule has 1 atom stereocenters. The van der Waals surface area contributed by atoms with Crippen LogP contribution in [-0.4, -0.2) is 26.5 Å². The summed E-state index contributed by atoms with van der Waals surface area (Å²) in [6.45, 7) is 2.46. The second kappa shape index (κ2) is 9.96. The highest BCUT2D eigenvalue weighted by molar-refractivity contribution is 6.04. The minimum atomic E-state index is -0.635. The van der Waals surface area contributed by atoms with Crippen molar-refractivity contribution in [1.29, 1.82) is 0 Å². The van der Waals surface area contributed by atoms with Gasteiger partial charge in [-0.3, -0.25) is 9.78 Å². The lowest BCUT2D eigenvalue weighted by Gasteiger charge is -2.24. The van der Waals surface area contributed by atoms with Crippen molar-refractivity contribution < 1.29 is 9.18 Å². The van der Waals surface area contributed by atoms with E-state index in [1.54, 1.807) is 19.3 Å². The summed E-state index contributed by atoms with van der Waals surface area (Å²) < 4.78 is 16.1. The maximum atomic E-state index is 13.9. The molecule has 0 saturated heterocycles. The van der Waals surface area contributed by atoms with Crippen molar-refractivity contribution in [1.82, 2.24) is 14.5 Å². The Labute approximate surface area is 204 Å². The Balaban J connectivity index is 1.75. The molecule has 4 aromatic rings. The summed E-state index contributed by atoms with van der Waals surface area (Å²) in [6.07, 6.45) is 9.65. The van der Waals surface area contributed by atoms with E-state index < -0.39 is 6.04 Å². The molecule has 3 heterocycles. The van der Waals surface area contributed by atoms with E-state index in [1.807, 2.05) is 36.4 Å². The zero-order chi connectivity index (χ0) is 24.4. The number of amides is 1. The summed E-state index contributed by atoms with van der Waals surface area (Å²) in [5.41, 5.74) is 10.5. The highest BCUT2D eigenvalue weighted by Gasteiger charge is 2.24. The molecular weight excluding hydrogens is 441 g/mol. The van der Waals surface area contributed by atoms with Gasteiger partial charge in [-0.1, -0.05) is 19.3 Å². The third kappa shape index (κ3) is 4.82. The summed E-state index contributed by atoms with van der Waals surface area (Å²) >= 11 is 0. The molecule has 1 amide bonds. The van der Waals surface area contributed by atoms with Crippen LogP contribution in [0.3, 0.4) is 0 Å². The zero-order valence-corrected chi connectivity index (χ0v) is 19.9. The van der Waals surface area contributed by atoms with Crippen LogP contribution < -0.4 is 11.1 Å². The summed E-state index contributed by atoms with van der Waals surface area (Å²) in [4.78, 5) is 21.4. The number of hydrogen-bond donors (Lipinski definition) is 2. The fourth-order valence-corrected chi connectivity index (χ4v) is 5.05. The molecule has 0 radical (unpaired) electrons. The van der Waals surface area contributed by atoms with Gasteiger partial charge in [-0.05, 0) is 85.3 Å². The molecule has 7 heteroatoms. The number of nitrogens with one attached hydrogen (secondary N) is 1. The van der Waals surface area contributed by atoms with E-state index in [4.69, 9.17) is 10.7 Å². The highest BCUT2D eigenvalue weighted by Crippen LogP contribution is 2.42. The van der Waals surface area contributed by atoms with Crippen LogP contribution in [-0.2, 0) is 11.3 Å². The fourth-order valence-electron chi connectivity index (χ4n) is 5.05. The van der Waals surface area contributed by atoms with Gasteiger partial charge in [-0.15, -0.1) is 0 Å². The maximum Gasteiger partial charge on any atom is 0.242 e. The zero-order valence-electron chi connectivity index (χ0n) is 19.9. The van der Waals surface area contributed by atoms with Crippen LogP contribution in [0.2, 0.25) is 0 Å². The van der Waals surface area contributed by atoms with Gasteiger partial charge in [0.15, 0.2) is 0 Å². The molecule has 0 spiro atoms. The molecule has 1 fully saturated rings. The molecule has 1 saturated carbocycles. The minimum Gasteiger partial charge on any atom is -0.324 e. The number of nitrogens with two attached hydrogens (primary N) is 1. The monoisotopic (exact) mass is 471 g/mol. The standard InChI is InChI=1S/C28H30FN5O/c1-18(30)28(35)33-24-12-11-23-25(20-13-15-31-16-14-20)26(21-7-9-22(29)10-8-21)34(27(23)32-24)17-19-5-3-2-4-6-19/h7-16,18-19H,2-6,17,30H2,1H3,(H,32,33,35). The third-order valence-corrected chi connectivity index (χ3v) is 6.82. The molecule has 35 heavy (non-hydrogen) atoms. The lowest BCUT2D eigenvalue weighted by Crippen LogP contribution is -2.32. The van der Waals surface area contributed by atoms with E-state index in [2.05, 4.69) is 14.9 Å². The van der Waals surface area contributed by atoms with Crippen LogP contribution in [0.15, 0.2) is 60.9 Å². The van der Waals surface area contributed by atoms with E-state index >= 15 is 0 Å². The minimum absolute atomic E-state index is 0.270. The predicted octanol–water partition coefficient (Wildman–Crippen LogP) is 5.77. The number of aromatic nitrogens is 3. The number of benzene rings is 1. The normalized spacial score (nSPS) is 15.3. The second-order valence-electron chi connectivity index (χ2n) is 9.43. The average molecular weight is 472 g/mol. The van der Waals surface area contributed by atoms with Gasteiger partial charge in [0.25, 0.3) is 0 Å². The summed E-state index contributed by atoms with van der Waals surface area (Å²) in [7, 11) is 0. The number of rotatable bonds is 6. The van der Waals surface area contributed by atoms with Gasteiger partial charge in [0.1, 0.15) is 17.3 Å². The number of halogens is 1. The van der Waals surface area contributed by atoms with Crippen molar-refractivity contribution in [2.24, 2.45) is 11.7 Å². The first-order chi connectivity index (χ1) is 17.0. The molecule has 1 unspecified atom stereocenters. The molecular formula is C28H30FN5O. The van der Waals surface area contributed by atoms with E-state index in [9.17, 15) is 9.18 Å². The summed E-state index contributed by atoms with van der Waals surface area (Å²) in [6, 6.07) is 13.8. The van der Waals surface area contributed by atoms with Gasteiger partial charge in [0, 0.05) is 29.9 Å². The maximum absolute atomic E-state index is 13.9. The number of carbonyl (C=O) groups excluding carboxylic acids is 1. The van der Waals surface area contributed by atoms with Crippen LogP contribution in [0, 0.1) is 11.7 Å². The summed E-state index contributed by atoms with van der Waals surface area (Å²) in [5.74, 6) is 0.450. The number of pyridine rings is 2. The molecule has 1 aliphatic carbocycles. The molecule has 1 aliphatic rings. The Bertz CT molecular complexity index is 1330. The van der Waals surface area contributed by atoms with Crippen molar-refractivity contribution in [3.05, 3.63) is 66.7 Å². The molecule has 1 aromatic carbocycles. The third-order valence-electron chi connectivity index (χ3n) is 6.82. The Morgan fingerprint density at radius 2 is 1.77 bits per heavy atom. The molecule has 6 nitrogen and oxygen atoms in total. The van der Waals surface area contributed by atoms with E-state index in [0.29, 0.717) is 11.7 Å². The van der Waals surface area contributed by atoms with Crippen molar-refractivity contribution in [3.8, 4) is 22.4 Å². The highest BCUT2D eigenvalue weighted by atomic mass is 19.1. The number of hydrogen-bond acceptors (Lipinski definition) is 4. The Hall–Kier alpha value is -3.58. The average Bonchev–Trinajstić information content (AvgIpc) is 3.19. The Morgan fingerprint density at radius 3 is 2.46 bits per heavy atom. The van der Waals surface area contributed by atoms with Gasteiger partial charge in [0.2, 0.25) is 5.91 Å². The number of anilines is 1. The van der Waals surface area contributed by atoms with Gasteiger partial charge in [-0.2, -0.15) is 0 Å². The molecule has 0 aliphatic heterocycles. The van der Waals surface area contributed by atoms with Crippen LogP contribution in [0.1, 0.15) is 39.0 Å². The SMILES string of the molecule is CC(N)C(=O)Nc1ccc2c(-c3ccncc3)c(-c3ccc(F)cc3)n(CC3CCCCC3)c2n1. The van der Waals surface area contributed by atoms with Gasteiger partial charge in [-0.25, -0.2) is 9.37 Å². The topological polar surface area (TPSA) is 85.8 Å². The smallest absolute Gasteiger partial charge is 0.242 e. The van der Waals surface area contributed by atoms with Gasteiger partial charge >= 0.3 is 0 Å². The first kappa shape index (κ1) is 23.2. The molecule has 5 rings (SSSR count). The van der Waals surface area contributed by atoms with Crippen LogP contribution in [0.5, 0.6) is 0 Å². The molecule has 3 aromatic heterocycles. The molecule has 180 valence electrons. The fraction of sp³-hybridized carbons (Fsp3) is 0.321. The lowest BCUT2D eigenvalue weighted by atomic mass is 9.89. The Kier molecular flexibility index (Phi) is 6.59. The number of nitrogens with zero attached hydrogens (tertiary/aromatic N) is 3. The van der Waals surface area contributed by atoms with Gasteiger partial charge < -0.3 is 15.6 Å². The van der Waals surface area contributed by atoms with Crippen LogP contribution >= 0.6 is 0 Å². The predicted molar refractivity (Wildman–Crippen MR) is 137 cm³/mol. The number of fused-ring (bicyclic) bond motifs is 1. The molecule has 3 N–H and O–H groups in total. The largest absolute Gasteiger partial charge is 0.324 e. The Morgan fingerprint density at radius 1 is 1.06 bits per heavy atom. The second-order valence-corrected chi connectivity index (χ2v) is 9.43. The summed E-state index contributed by atoms with van der Waals surface area (Å²) in [5, 5.41) is 3.81. The van der Waals surface area contributed by atoms with E-state index in [0.717, 1.165) is 40.0 Å². The van der Waals surface area contributed by atoms with Crippen LogP contribution in [0.4, 0.5) is 10.2 Å². The van der Waals surface area contributed by atoms with E-state index in [-0.39, 0.29) is 11.7 Å². The molecule has 0 bridgehead atoms. The first-order valence-corrected chi connectivity index (χ1v) is 12.3. The number of carbonyl (C=O) groups is 1. The quantitative estimate of drug-likeness (QED) is 0.374. The van der Waals surface area contributed by atoms with Crippen molar-refractivity contribution >= 4 is 22.8 Å². The van der Waals surface area contributed by atoms with Crippen LogP contribution in [0.25, 0.3) is 33.4 Å². The van der Waals surface area contributed by atoms with Crippen molar-refractivity contribution in [2.45, 2.75) is 51.6 Å². The van der Waals surface area contributed by atoms with Gasteiger partial charge in [0.05, 0.1) is 11.7 Å². The van der Waals surface area contributed by atoms with Crippen molar-refractivity contribution in [3.63, 3.8) is 0 Å². The van der Waals surface area contributed by atoms with Crippen molar-refractivity contribution in [2.75, 3.05) is 5.32 Å².